The zero-order valence-electron chi connectivity index (χ0n) is 19.0. The Hall–Kier alpha value is -4.00. The van der Waals surface area contributed by atoms with Crippen molar-refractivity contribution in [1.82, 2.24) is 4.98 Å². The fourth-order valence-electron chi connectivity index (χ4n) is 3.59. The summed E-state index contributed by atoms with van der Waals surface area (Å²) in [7, 11) is 0. The van der Waals surface area contributed by atoms with Gasteiger partial charge in [-0.15, -0.1) is 0 Å². The molecule has 7 nitrogen and oxygen atoms in total. The first kappa shape index (κ1) is 22.2. The van der Waals surface area contributed by atoms with Crippen LogP contribution in [0.15, 0.2) is 60.7 Å². The molecule has 0 saturated heterocycles. The van der Waals surface area contributed by atoms with Crippen molar-refractivity contribution in [2.45, 2.75) is 20.8 Å². The number of carbonyl (C=O) groups is 1. The lowest BCUT2D eigenvalue weighted by Crippen LogP contribution is -2.13. The van der Waals surface area contributed by atoms with Crippen molar-refractivity contribution in [2.75, 3.05) is 25.1 Å². The number of hydrogen-bond donors (Lipinski definition) is 2. The van der Waals surface area contributed by atoms with Crippen LogP contribution in [0.2, 0.25) is 0 Å². The van der Waals surface area contributed by atoms with Crippen molar-refractivity contribution in [2.24, 2.45) is 0 Å². The van der Waals surface area contributed by atoms with Gasteiger partial charge in [0.2, 0.25) is 5.75 Å². The molecule has 1 aromatic heterocycles. The van der Waals surface area contributed by atoms with Gasteiger partial charge < -0.3 is 19.5 Å². The number of hydrogen-bond acceptors (Lipinski definition) is 4. The van der Waals surface area contributed by atoms with Crippen LogP contribution in [-0.4, -0.2) is 30.7 Å². The average molecular weight is 447 g/mol. The number of imidazole rings is 1. The zero-order valence-corrected chi connectivity index (χ0v) is 19.0. The number of anilines is 1. The van der Waals surface area contributed by atoms with E-state index < -0.39 is 0 Å². The van der Waals surface area contributed by atoms with E-state index in [9.17, 15) is 4.79 Å². The Morgan fingerprint density at radius 3 is 2.12 bits per heavy atom. The molecule has 0 unspecified atom stereocenters. The molecule has 3 aromatic carbocycles. The van der Waals surface area contributed by atoms with Crippen LogP contribution in [-0.2, 0) is 0 Å². The van der Waals surface area contributed by atoms with E-state index in [-0.39, 0.29) is 5.91 Å². The van der Waals surface area contributed by atoms with Crippen molar-refractivity contribution in [3.05, 3.63) is 66.2 Å². The summed E-state index contributed by atoms with van der Waals surface area (Å²) in [6, 6.07) is 19.0. The Kier molecular flexibility index (Phi) is 6.78. The van der Waals surface area contributed by atoms with Gasteiger partial charge in [-0.05, 0) is 69.3 Å². The monoisotopic (exact) mass is 446 g/mol. The molecule has 0 radical (unpaired) electrons. The maximum atomic E-state index is 13.0. The van der Waals surface area contributed by atoms with Gasteiger partial charge in [0, 0.05) is 11.3 Å². The zero-order chi connectivity index (χ0) is 23.2. The summed E-state index contributed by atoms with van der Waals surface area (Å²) in [5.74, 6) is 2.13. The highest BCUT2D eigenvalue weighted by molar-refractivity contribution is 6.05. The van der Waals surface area contributed by atoms with E-state index in [2.05, 4.69) is 15.3 Å². The third kappa shape index (κ3) is 4.92. The largest absolute Gasteiger partial charge is 0.490 e. The number of carbonyl (C=O) groups excluding carboxylic acids is 1. The number of fused-ring (bicyclic) bond motifs is 1. The minimum absolute atomic E-state index is 0.259. The van der Waals surface area contributed by atoms with E-state index in [1.54, 1.807) is 12.1 Å². The topological polar surface area (TPSA) is 86.7 Å². The first-order chi connectivity index (χ1) is 16.1. The van der Waals surface area contributed by atoms with Crippen LogP contribution in [0.4, 0.5) is 5.69 Å². The smallest absolute Gasteiger partial charge is 0.285 e. The summed E-state index contributed by atoms with van der Waals surface area (Å²) in [5.41, 5.74) is 4.18. The molecule has 0 aliphatic carbocycles. The maximum absolute atomic E-state index is 13.0. The molecule has 170 valence electrons. The predicted octanol–water partition coefficient (Wildman–Crippen LogP) is 5.10. The van der Waals surface area contributed by atoms with Crippen LogP contribution in [0.5, 0.6) is 17.2 Å². The quantitative estimate of drug-likeness (QED) is 0.375. The number of aromatic nitrogens is 2. The summed E-state index contributed by atoms with van der Waals surface area (Å²) in [6.07, 6.45) is 0. The first-order valence-electron chi connectivity index (χ1n) is 11.1. The van der Waals surface area contributed by atoms with Crippen molar-refractivity contribution in [1.29, 1.82) is 0 Å². The molecule has 0 atom stereocenters. The summed E-state index contributed by atoms with van der Waals surface area (Å²) < 4.78 is 17.1. The highest BCUT2D eigenvalue weighted by Crippen LogP contribution is 2.39. The number of amides is 1. The molecule has 0 aliphatic rings. The molecule has 0 fully saturated rings. The lowest BCUT2D eigenvalue weighted by molar-refractivity contribution is -0.330. The van der Waals surface area contributed by atoms with Crippen LogP contribution < -0.4 is 24.5 Å². The van der Waals surface area contributed by atoms with Crippen molar-refractivity contribution >= 4 is 22.6 Å². The Balaban J connectivity index is 1.56. The molecule has 0 saturated carbocycles. The molecular weight excluding hydrogens is 418 g/mol. The van der Waals surface area contributed by atoms with Gasteiger partial charge in [0.15, 0.2) is 22.5 Å². The minimum atomic E-state index is -0.259. The number of aromatic amines is 2. The molecule has 0 aliphatic heterocycles. The molecule has 1 heterocycles. The highest BCUT2D eigenvalue weighted by Gasteiger charge is 2.19. The van der Waals surface area contributed by atoms with Crippen LogP contribution in [0.25, 0.3) is 22.4 Å². The van der Waals surface area contributed by atoms with E-state index in [0.717, 1.165) is 22.4 Å². The van der Waals surface area contributed by atoms with Crippen LogP contribution in [0.3, 0.4) is 0 Å². The van der Waals surface area contributed by atoms with Gasteiger partial charge in [-0.3, -0.25) is 4.79 Å². The average Bonchev–Trinajstić information content (AvgIpc) is 3.26. The third-order valence-corrected chi connectivity index (χ3v) is 5.05. The lowest BCUT2D eigenvalue weighted by Gasteiger charge is -2.17. The second-order valence-electron chi connectivity index (χ2n) is 7.30. The van der Waals surface area contributed by atoms with Crippen LogP contribution >= 0.6 is 0 Å². The summed E-state index contributed by atoms with van der Waals surface area (Å²) in [6.45, 7) is 7.02. The third-order valence-electron chi connectivity index (χ3n) is 5.05. The number of para-hydroxylation sites is 2. The highest BCUT2D eigenvalue weighted by atomic mass is 16.5. The van der Waals surface area contributed by atoms with Gasteiger partial charge in [0.25, 0.3) is 11.7 Å². The van der Waals surface area contributed by atoms with Crippen LogP contribution in [0, 0.1) is 0 Å². The molecular formula is C26H28N3O4+. The van der Waals surface area contributed by atoms with Gasteiger partial charge in [0.05, 0.1) is 25.4 Å². The first-order valence-corrected chi connectivity index (χ1v) is 11.1. The summed E-state index contributed by atoms with van der Waals surface area (Å²) in [4.78, 5) is 19.7. The minimum Gasteiger partial charge on any atom is -0.490 e. The fraction of sp³-hybridized carbons (Fsp3) is 0.231. The number of benzene rings is 3. The predicted molar refractivity (Wildman–Crippen MR) is 128 cm³/mol. The molecule has 4 aromatic rings. The van der Waals surface area contributed by atoms with E-state index in [1.165, 1.54) is 0 Å². The van der Waals surface area contributed by atoms with E-state index in [1.807, 2.05) is 69.3 Å². The van der Waals surface area contributed by atoms with Gasteiger partial charge in [-0.25, -0.2) is 9.97 Å². The number of H-pyrrole nitrogens is 2. The van der Waals surface area contributed by atoms with Gasteiger partial charge in [-0.1, -0.05) is 12.1 Å². The van der Waals surface area contributed by atoms with E-state index in [0.29, 0.717) is 48.3 Å². The molecule has 4 rings (SSSR count). The molecule has 7 heteroatoms. The van der Waals surface area contributed by atoms with Gasteiger partial charge in [0.1, 0.15) is 0 Å². The van der Waals surface area contributed by atoms with E-state index in [4.69, 9.17) is 14.2 Å². The van der Waals surface area contributed by atoms with Crippen molar-refractivity contribution in [3.63, 3.8) is 0 Å². The Bertz CT molecular complexity index is 1190. The lowest BCUT2D eigenvalue weighted by atomic mass is 10.1. The van der Waals surface area contributed by atoms with Crippen molar-refractivity contribution < 1.29 is 24.0 Å². The second kappa shape index (κ2) is 10.1. The molecule has 3 N–H and O–H groups in total. The van der Waals surface area contributed by atoms with Crippen LogP contribution in [0.1, 0.15) is 31.1 Å². The molecule has 33 heavy (non-hydrogen) atoms. The number of rotatable bonds is 9. The van der Waals surface area contributed by atoms with Crippen molar-refractivity contribution in [3.8, 4) is 28.6 Å². The van der Waals surface area contributed by atoms with E-state index >= 15 is 0 Å². The Morgan fingerprint density at radius 1 is 0.879 bits per heavy atom. The Morgan fingerprint density at radius 2 is 1.52 bits per heavy atom. The Labute approximate surface area is 192 Å². The number of nitrogens with one attached hydrogen (secondary N) is 3. The molecule has 1 amide bonds. The maximum Gasteiger partial charge on any atom is 0.285 e. The normalized spacial score (nSPS) is 10.8. The second-order valence-corrected chi connectivity index (χ2v) is 7.30. The fourth-order valence-corrected chi connectivity index (χ4v) is 3.59. The standard InChI is InChI=1S/C26H27N3O4/c1-4-31-22-15-18(16-23(32-5-2)24(22)33-6-3)26(30)27-19-13-11-17(12-14-19)25-28-20-9-7-8-10-21(20)29-25/h7-16H,4-6H2,1-3H3,(H,27,30)(H,28,29)/p+1. The summed E-state index contributed by atoms with van der Waals surface area (Å²) >= 11 is 0. The molecule has 0 bridgehead atoms. The SMILES string of the molecule is CCOc1cc(C(=O)Nc2ccc(-c3[nH]c4ccccc4[nH+]3)cc2)cc(OCC)c1OCC. The number of ether oxygens (including phenoxy) is 3. The molecule has 0 spiro atoms. The summed E-state index contributed by atoms with van der Waals surface area (Å²) in [5, 5.41) is 2.94. The van der Waals surface area contributed by atoms with Gasteiger partial charge in [-0.2, -0.15) is 0 Å². The van der Waals surface area contributed by atoms with Gasteiger partial charge >= 0.3 is 0 Å².